The Morgan fingerprint density at radius 1 is 0.875 bits per heavy atom. The average Bonchev–Trinajstić information content (AvgIpc) is 2.77. The van der Waals surface area contributed by atoms with E-state index in [0.29, 0.717) is 11.1 Å². The van der Waals surface area contributed by atoms with Crippen molar-refractivity contribution in [2.24, 2.45) is 0 Å². The first-order chi connectivity index (χ1) is 15.3. The predicted octanol–water partition coefficient (Wildman–Crippen LogP) is 3.90. The SMILES string of the molecule is O=C(/C=C/c1ccc(O)cc1)Oc1cc(O)c2c(=O)cc(-c3ccc(O)cc3)oc2c1O. The summed E-state index contributed by atoms with van der Waals surface area (Å²) in [4.78, 5) is 24.7. The average molecular weight is 432 g/mol. The van der Waals surface area contributed by atoms with E-state index in [1.807, 2.05) is 0 Å². The molecule has 0 spiro atoms. The summed E-state index contributed by atoms with van der Waals surface area (Å²) >= 11 is 0. The Morgan fingerprint density at radius 3 is 2.16 bits per heavy atom. The summed E-state index contributed by atoms with van der Waals surface area (Å²) in [6.07, 6.45) is 2.53. The van der Waals surface area contributed by atoms with Gasteiger partial charge in [-0.15, -0.1) is 0 Å². The molecule has 0 bridgehead atoms. The fourth-order valence-corrected chi connectivity index (χ4v) is 3.02. The minimum absolute atomic E-state index is 0.0203. The van der Waals surface area contributed by atoms with Crippen molar-refractivity contribution >= 4 is 23.0 Å². The number of ether oxygens (including phenoxy) is 1. The van der Waals surface area contributed by atoms with Crippen molar-refractivity contribution < 1.29 is 34.4 Å². The molecule has 0 unspecified atom stereocenters. The first-order valence-electron chi connectivity index (χ1n) is 9.33. The molecular weight excluding hydrogens is 416 g/mol. The van der Waals surface area contributed by atoms with Crippen molar-refractivity contribution in [3.8, 4) is 40.1 Å². The number of phenols is 4. The summed E-state index contributed by atoms with van der Waals surface area (Å²) in [5.41, 5.74) is 0.0907. The maximum absolute atomic E-state index is 12.5. The van der Waals surface area contributed by atoms with E-state index in [-0.39, 0.29) is 28.2 Å². The topological polar surface area (TPSA) is 137 Å². The summed E-state index contributed by atoms with van der Waals surface area (Å²) < 4.78 is 10.7. The van der Waals surface area contributed by atoms with Crippen LogP contribution in [0.25, 0.3) is 28.4 Å². The normalized spacial score (nSPS) is 11.1. The molecule has 0 aliphatic rings. The quantitative estimate of drug-likeness (QED) is 0.165. The molecule has 8 nitrogen and oxygen atoms in total. The Bertz CT molecular complexity index is 1400. The largest absolute Gasteiger partial charge is 0.508 e. The van der Waals surface area contributed by atoms with Crippen molar-refractivity contribution in [2.75, 3.05) is 0 Å². The van der Waals surface area contributed by atoms with E-state index in [1.54, 1.807) is 12.1 Å². The Balaban J connectivity index is 1.70. The van der Waals surface area contributed by atoms with Crippen molar-refractivity contribution in [1.82, 2.24) is 0 Å². The van der Waals surface area contributed by atoms with E-state index in [4.69, 9.17) is 9.15 Å². The highest BCUT2D eigenvalue weighted by Crippen LogP contribution is 2.40. The van der Waals surface area contributed by atoms with E-state index in [1.165, 1.54) is 42.5 Å². The molecular formula is C24H16O8. The van der Waals surface area contributed by atoms with Crippen LogP contribution in [-0.2, 0) is 4.79 Å². The predicted molar refractivity (Wildman–Crippen MR) is 116 cm³/mol. The monoisotopic (exact) mass is 432 g/mol. The van der Waals surface area contributed by atoms with E-state index in [0.717, 1.165) is 18.2 Å². The summed E-state index contributed by atoms with van der Waals surface area (Å²) in [7, 11) is 0. The van der Waals surface area contributed by atoms with Gasteiger partial charge >= 0.3 is 5.97 Å². The second kappa shape index (κ2) is 8.19. The van der Waals surface area contributed by atoms with Crippen LogP contribution in [0.2, 0.25) is 0 Å². The van der Waals surface area contributed by atoms with Gasteiger partial charge in [0.2, 0.25) is 5.75 Å². The molecule has 0 amide bonds. The number of esters is 1. The lowest BCUT2D eigenvalue weighted by molar-refractivity contribution is -0.129. The van der Waals surface area contributed by atoms with Gasteiger partial charge in [0.15, 0.2) is 16.8 Å². The molecule has 8 heteroatoms. The van der Waals surface area contributed by atoms with Gasteiger partial charge in [0.05, 0.1) is 0 Å². The Labute approximate surface area is 180 Å². The van der Waals surface area contributed by atoms with Gasteiger partial charge in [0.1, 0.15) is 28.4 Å². The molecule has 0 saturated heterocycles. The molecule has 0 atom stereocenters. The molecule has 32 heavy (non-hydrogen) atoms. The number of benzene rings is 3. The number of aromatic hydroxyl groups is 4. The number of hydrogen-bond acceptors (Lipinski definition) is 8. The third-order valence-electron chi connectivity index (χ3n) is 4.59. The van der Waals surface area contributed by atoms with Crippen molar-refractivity contribution in [2.45, 2.75) is 0 Å². The second-order valence-corrected chi connectivity index (χ2v) is 6.81. The van der Waals surface area contributed by atoms with Crippen LogP contribution in [-0.4, -0.2) is 26.4 Å². The van der Waals surface area contributed by atoms with Gasteiger partial charge in [-0.2, -0.15) is 0 Å². The highest BCUT2D eigenvalue weighted by Gasteiger charge is 2.20. The third-order valence-corrected chi connectivity index (χ3v) is 4.59. The zero-order valence-corrected chi connectivity index (χ0v) is 16.4. The number of phenolic OH excluding ortho intramolecular Hbond substituents is 4. The van der Waals surface area contributed by atoms with Crippen LogP contribution in [0, 0.1) is 0 Å². The van der Waals surface area contributed by atoms with E-state index in [2.05, 4.69) is 0 Å². The van der Waals surface area contributed by atoms with Crippen LogP contribution in [0.5, 0.6) is 28.7 Å². The smallest absolute Gasteiger partial charge is 0.336 e. The fraction of sp³-hybridized carbons (Fsp3) is 0. The summed E-state index contributed by atoms with van der Waals surface area (Å²) in [6, 6.07) is 14.0. The minimum atomic E-state index is -0.857. The zero-order chi connectivity index (χ0) is 22.8. The maximum Gasteiger partial charge on any atom is 0.336 e. The number of carbonyl (C=O) groups is 1. The number of hydrogen-bond donors (Lipinski definition) is 4. The lowest BCUT2D eigenvalue weighted by atomic mass is 10.1. The molecule has 1 aromatic heterocycles. The number of carbonyl (C=O) groups excluding carboxylic acids is 1. The van der Waals surface area contributed by atoms with Crippen molar-refractivity contribution in [1.29, 1.82) is 0 Å². The molecule has 160 valence electrons. The van der Waals surface area contributed by atoms with E-state index in [9.17, 15) is 30.0 Å². The molecule has 4 aromatic rings. The number of rotatable bonds is 4. The molecule has 1 heterocycles. The molecule has 0 radical (unpaired) electrons. The Kier molecular flexibility index (Phi) is 5.26. The van der Waals surface area contributed by atoms with Crippen LogP contribution >= 0.6 is 0 Å². The lowest BCUT2D eigenvalue weighted by Gasteiger charge is -2.10. The molecule has 3 aromatic carbocycles. The summed E-state index contributed by atoms with van der Waals surface area (Å²) in [5, 5.41) is 39.3. The fourth-order valence-electron chi connectivity index (χ4n) is 3.02. The highest BCUT2D eigenvalue weighted by atomic mass is 16.5. The number of fused-ring (bicyclic) bond motifs is 1. The first-order valence-corrected chi connectivity index (χ1v) is 9.33. The van der Waals surface area contributed by atoms with Crippen molar-refractivity contribution in [3.05, 3.63) is 82.5 Å². The molecule has 0 saturated carbocycles. The molecule has 0 aliphatic carbocycles. The van der Waals surface area contributed by atoms with Crippen LogP contribution in [0.4, 0.5) is 0 Å². The lowest BCUT2D eigenvalue weighted by Crippen LogP contribution is -2.06. The first kappa shape index (κ1) is 20.5. The zero-order valence-electron chi connectivity index (χ0n) is 16.4. The third kappa shape index (κ3) is 4.10. The standard InChI is InChI=1S/C24H16O8/c25-15-6-1-13(2-7-15)3-10-21(29)31-20-12-18(28)22-17(27)11-19(32-24(22)23(20)30)14-4-8-16(26)9-5-14/h1-12,25-26,28,30H/b10-3+. The maximum atomic E-state index is 12.5. The van der Waals surface area contributed by atoms with Crippen molar-refractivity contribution in [3.63, 3.8) is 0 Å². The van der Waals surface area contributed by atoms with Gasteiger partial charge in [0.25, 0.3) is 0 Å². The van der Waals surface area contributed by atoms with Crippen LogP contribution < -0.4 is 10.2 Å². The van der Waals surface area contributed by atoms with Gasteiger partial charge in [-0.25, -0.2) is 4.79 Å². The minimum Gasteiger partial charge on any atom is -0.508 e. The molecule has 4 rings (SSSR count). The molecule has 4 N–H and O–H groups in total. The highest BCUT2D eigenvalue weighted by molar-refractivity contribution is 5.94. The molecule has 0 fully saturated rings. The van der Waals surface area contributed by atoms with Gasteiger partial charge in [-0.3, -0.25) is 4.79 Å². The second-order valence-electron chi connectivity index (χ2n) is 6.81. The van der Waals surface area contributed by atoms with E-state index < -0.39 is 28.6 Å². The van der Waals surface area contributed by atoms with Gasteiger partial charge in [-0.1, -0.05) is 12.1 Å². The van der Waals surface area contributed by atoms with Gasteiger partial charge in [0, 0.05) is 23.8 Å². The van der Waals surface area contributed by atoms with Crippen LogP contribution in [0.15, 0.2) is 76.0 Å². The summed E-state index contributed by atoms with van der Waals surface area (Å²) in [5.74, 6) is -2.25. The van der Waals surface area contributed by atoms with Crippen LogP contribution in [0.1, 0.15) is 5.56 Å². The van der Waals surface area contributed by atoms with E-state index >= 15 is 0 Å². The van der Waals surface area contributed by atoms with Crippen LogP contribution in [0.3, 0.4) is 0 Å². The summed E-state index contributed by atoms with van der Waals surface area (Å²) in [6.45, 7) is 0. The van der Waals surface area contributed by atoms with Gasteiger partial charge in [-0.05, 0) is 48.0 Å². The Hall–Kier alpha value is -4.72. The Morgan fingerprint density at radius 2 is 1.50 bits per heavy atom. The van der Waals surface area contributed by atoms with Gasteiger partial charge < -0.3 is 29.6 Å². The molecule has 0 aliphatic heterocycles.